The Bertz CT molecular complexity index is 1520. The minimum absolute atomic E-state index is 0.0368. The standard InChI is InChI=1S/C27H25FN4O2S2/c1-16-7-13-20(14-8-16)32-26(34)24-21-5-3-4-6-22(21)36-25(24)29-27(32)35-15-23(33)31-30-17(2)18-9-11-19(28)12-10-18/h7-14H,3-6,15H2,1-2H3,(H,31,33)/b30-17-. The van der Waals surface area contributed by atoms with Gasteiger partial charge in [0.2, 0.25) is 0 Å². The maximum atomic E-state index is 13.8. The van der Waals surface area contributed by atoms with Crippen LogP contribution in [-0.2, 0) is 17.6 Å². The molecule has 1 N–H and O–H groups in total. The van der Waals surface area contributed by atoms with E-state index >= 15 is 0 Å². The van der Waals surface area contributed by atoms with Crippen LogP contribution in [0.4, 0.5) is 4.39 Å². The van der Waals surface area contributed by atoms with Gasteiger partial charge in [0, 0.05) is 4.88 Å². The highest BCUT2D eigenvalue weighted by atomic mass is 32.2. The van der Waals surface area contributed by atoms with Crippen LogP contribution in [0.1, 0.15) is 41.3 Å². The number of thioether (sulfide) groups is 1. The van der Waals surface area contributed by atoms with Crippen molar-refractivity contribution in [1.82, 2.24) is 15.0 Å². The Morgan fingerprint density at radius 1 is 1.14 bits per heavy atom. The van der Waals surface area contributed by atoms with Gasteiger partial charge in [-0.15, -0.1) is 11.3 Å². The number of hydrogen-bond acceptors (Lipinski definition) is 6. The molecule has 0 fully saturated rings. The van der Waals surface area contributed by atoms with Crippen LogP contribution in [0, 0.1) is 12.7 Å². The summed E-state index contributed by atoms with van der Waals surface area (Å²) < 4.78 is 14.8. The summed E-state index contributed by atoms with van der Waals surface area (Å²) in [6.07, 6.45) is 4.10. The summed E-state index contributed by atoms with van der Waals surface area (Å²) in [5.41, 5.74) is 6.70. The van der Waals surface area contributed by atoms with Crippen molar-refractivity contribution in [3.05, 3.63) is 86.3 Å². The zero-order valence-electron chi connectivity index (χ0n) is 20.0. The summed E-state index contributed by atoms with van der Waals surface area (Å²) in [6, 6.07) is 13.6. The van der Waals surface area contributed by atoms with Crippen molar-refractivity contribution < 1.29 is 9.18 Å². The lowest BCUT2D eigenvalue weighted by Crippen LogP contribution is -2.24. The second-order valence-electron chi connectivity index (χ2n) is 8.79. The fourth-order valence-electron chi connectivity index (χ4n) is 4.27. The molecule has 4 aromatic rings. The minimum atomic E-state index is -0.331. The number of carbonyl (C=O) groups is 1. The van der Waals surface area contributed by atoms with Gasteiger partial charge in [0.15, 0.2) is 5.16 Å². The number of nitrogens with one attached hydrogen (secondary N) is 1. The maximum Gasteiger partial charge on any atom is 0.267 e. The molecule has 0 unspecified atom stereocenters. The van der Waals surface area contributed by atoms with E-state index in [0.717, 1.165) is 47.3 Å². The molecule has 1 aliphatic rings. The number of nitrogens with zero attached hydrogens (tertiary/aromatic N) is 3. The second-order valence-corrected chi connectivity index (χ2v) is 10.8. The number of carbonyl (C=O) groups excluding carboxylic acids is 1. The highest BCUT2D eigenvalue weighted by Crippen LogP contribution is 2.35. The van der Waals surface area contributed by atoms with Crippen molar-refractivity contribution in [1.29, 1.82) is 0 Å². The summed E-state index contributed by atoms with van der Waals surface area (Å²) in [7, 11) is 0. The van der Waals surface area contributed by atoms with Crippen molar-refractivity contribution in [3.8, 4) is 5.69 Å². The number of fused-ring (bicyclic) bond motifs is 3. The molecular weight excluding hydrogens is 495 g/mol. The van der Waals surface area contributed by atoms with Crippen LogP contribution >= 0.6 is 23.1 Å². The molecular formula is C27H25FN4O2S2. The Balaban J connectivity index is 1.43. The summed E-state index contributed by atoms with van der Waals surface area (Å²) in [4.78, 5) is 33.2. The third-order valence-electron chi connectivity index (χ3n) is 6.19. The van der Waals surface area contributed by atoms with Crippen molar-refractivity contribution in [3.63, 3.8) is 0 Å². The Kier molecular flexibility index (Phi) is 7.02. The predicted octanol–water partition coefficient (Wildman–Crippen LogP) is 5.41. The van der Waals surface area contributed by atoms with Crippen LogP contribution in [0.5, 0.6) is 0 Å². The van der Waals surface area contributed by atoms with E-state index in [0.29, 0.717) is 21.8 Å². The number of thiophene rings is 1. The molecule has 5 rings (SSSR count). The SMILES string of the molecule is C/C(=N/NC(=O)CSc1nc2sc3c(c2c(=O)n1-c1ccc(C)cc1)CCCC3)c1ccc(F)cc1. The van der Waals surface area contributed by atoms with E-state index in [-0.39, 0.29) is 23.0 Å². The molecule has 2 aromatic heterocycles. The van der Waals surface area contributed by atoms with Gasteiger partial charge < -0.3 is 0 Å². The smallest absolute Gasteiger partial charge is 0.267 e. The number of amides is 1. The van der Waals surface area contributed by atoms with Gasteiger partial charge >= 0.3 is 0 Å². The molecule has 0 spiro atoms. The number of hydrogen-bond donors (Lipinski definition) is 1. The largest absolute Gasteiger partial charge is 0.272 e. The number of aromatic nitrogens is 2. The Hall–Kier alpha value is -3.30. The zero-order chi connectivity index (χ0) is 25.2. The van der Waals surface area contributed by atoms with E-state index < -0.39 is 0 Å². The van der Waals surface area contributed by atoms with Gasteiger partial charge in [0.25, 0.3) is 11.5 Å². The molecule has 36 heavy (non-hydrogen) atoms. The average molecular weight is 521 g/mol. The van der Waals surface area contributed by atoms with Crippen molar-refractivity contribution in [2.24, 2.45) is 5.10 Å². The topological polar surface area (TPSA) is 76.3 Å². The Morgan fingerprint density at radius 2 is 1.86 bits per heavy atom. The number of aryl methyl sites for hydroxylation is 3. The van der Waals surface area contributed by atoms with E-state index in [1.54, 1.807) is 35.0 Å². The first-order valence-corrected chi connectivity index (χ1v) is 13.6. The number of halogens is 1. The molecule has 2 heterocycles. The second kappa shape index (κ2) is 10.4. The molecule has 9 heteroatoms. The van der Waals surface area contributed by atoms with Gasteiger partial charge in [-0.1, -0.05) is 41.6 Å². The minimum Gasteiger partial charge on any atom is -0.272 e. The molecule has 0 radical (unpaired) electrons. The quantitative estimate of drug-likeness (QED) is 0.160. The highest BCUT2D eigenvalue weighted by molar-refractivity contribution is 7.99. The predicted molar refractivity (Wildman–Crippen MR) is 144 cm³/mol. The van der Waals surface area contributed by atoms with E-state index in [9.17, 15) is 14.0 Å². The third kappa shape index (κ3) is 4.99. The molecule has 1 aliphatic carbocycles. The lowest BCUT2D eigenvalue weighted by atomic mass is 9.97. The molecule has 0 saturated carbocycles. The van der Waals surface area contributed by atoms with Gasteiger partial charge in [-0.3, -0.25) is 14.2 Å². The summed E-state index contributed by atoms with van der Waals surface area (Å²) >= 11 is 2.80. The first-order chi connectivity index (χ1) is 17.4. The summed E-state index contributed by atoms with van der Waals surface area (Å²) in [5.74, 6) is -0.617. The van der Waals surface area contributed by atoms with Gasteiger partial charge in [0.1, 0.15) is 10.6 Å². The molecule has 184 valence electrons. The van der Waals surface area contributed by atoms with Crippen LogP contribution in [0.2, 0.25) is 0 Å². The molecule has 2 aromatic carbocycles. The summed E-state index contributed by atoms with van der Waals surface area (Å²) in [5, 5.41) is 5.32. The van der Waals surface area contributed by atoms with Crippen LogP contribution in [0.25, 0.3) is 15.9 Å². The van der Waals surface area contributed by atoms with Crippen LogP contribution < -0.4 is 11.0 Å². The van der Waals surface area contributed by atoms with Crippen molar-refractivity contribution >= 4 is 44.9 Å². The van der Waals surface area contributed by atoms with E-state index in [1.807, 2.05) is 31.2 Å². The number of benzene rings is 2. The zero-order valence-corrected chi connectivity index (χ0v) is 21.6. The Labute approximate surface area is 216 Å². The number of hydrazone groups is 1. The van der Waals surface area contributed by atoms with Gasteiger partial charge in [0.05, 0.1) is 22.5 Å². The van der Waals surface area contributed by atoms with Gasteiger partial charge in [-0.2, -0.15) is 5.10 Å². The normalized spacial score (nSPS) is 13.6. The molecule has 0 aliphatic heterocycles. The average Bonchev–Trinajstić information content (AvgIpc) is 3.26. The lowest BCUT2D eigenvalue weighted by Gasteiger charge is -2.13. The monoisotopic (exact) mass is 520 g/mol. The first kappa shape index (κ1) is 24.4. The fourth-order valence-corrected chi connectivity index (χ4v) is 6.38. The third-order valence-corrected chi connectivity index (χ3v) is 8.32. The lowest BCUT2D eigenvalue weighted by molar-refractivity contribution is -0.118. The molecule has 0 atom stereocenters. The number of rotatable bonds is 6. The molecule has 0 bridgehead atoms. The first-order valence-electron chi connectivity index (χ1n) is 11.8. The van der Waals surface area contributed by atoms with Crippen LogP contribution in [0.3, 0.4) is 0 Å². The van der Waals surface area contributed by atoms with Crippen LogP contribution in [-0.4, -0.2) is 26.9 Å². The van der Waals surface area contributed by atoms with Crippen molar-refractivity contribution in [2.75, 3.05) is 5.75 Å². The van der Waals surface area contributed by atoms with Gasteiger partial charge in [-0.25, -0.2) is 14.8 Å². The van der Waals surface area contributed by atoms with Gasteiger partial charge in [-0.05, 0) is 74.9 Å². The maximum absolute atomic E-state index is 13.8. The molecule has 1 amide bonds. The Morgan fingerprint density at radius 3 is 2.61 bits per heavy atom. The van der Waals surface area contributed by atoms with E-state index in [4.69, 9.17) is 4.98 Å². The van der Waals surface area contributed by atoms with E-state index in [2.05, 4.69) is 10.5 Å². The van der Waals surface area contributed by atoms with Crippen molar-refractivity contribution in [2.45, 2.75) is 44.7 Å². The molecule has 6 nitrogen and oxygen atoms in total. The highest BCUT2D eigenvalue weighted by Gasteiger charge is 2.23. The van der Waals surface area contributed by atoms with Crippen LogP contribution in [0.15, 0.2) is 63.6 Å². The summed E-state index contributed by atoms with van der Waals surface area (Å²) in [6.45, 7) is 3.74. The van der Waals surface area contributed by atoms with E-state index in [1.165, 1.54) is 28.8 Å². The molecule has 0 saturated heterocycles. The fraction of sp³-hybridized carbons (Fsp3) is 0.259.